The highest BCUT2D eigenvalue weighted by atomic mass is 79.9. The van der Waals surface area contributed by atoms with E-state index in [9.17, 15) is 25.0 Å². The van der Waals surface area contributed by atoms with Crippen LogP contribution in [-0.4, -0.2) is 61.8 Å². The quantitative estimate of drug-likeness (QED) is 0.196. The van der Waals surface area contributed by atoms with Gasteiger partial charge in [-0.1, -0.05) is 15.9 Å². The lowest BCUT2D eigenvalue weighted by Gasteiger charge is -2.19. The summed E-state index contributed by atoms with van der Waals surface area (Å²) in [5.41, 5.74) is 6.97. The van der Waals surface area contributed by atoms with E-state index >= 15 is 0 Å². The summed E-state index contributed by atoms with van der Waals surface area (Å²) in [7, 11) is 0. The number of hydrogen-bond donors (Lipinski definition) is 1. The molecule has 5 rings (SSSR count). The van der Waals surface area contributed by atoms with Crippen LogP contribution in [0.2, 0.25) is 0 Å². The van der Waals surface area contributed by atoms with Crippen LogP contribution < -0.4 is 5.73 Å². The molecule has 2 saturated heterocycles. The number of anilines is 1. The SMILES string of the molecule is Nc1ncc([N+](=O)[O-])cc1Br.O=C(CBr)C1CCOCC1.O=[N+]([O-])c1cc(Br)c2nc(C3CCOCC3)cn2c1. The number of rotatable bonds is 5. The van der Waals surface area contributed by atoms with E-state index in [1.54, 1.807) is 4.40 Å². The summed E-state index contributed by atoms with van der Waals surface area (Å²) in [5.74, 6) is 1.20. The van der Waals surface area contributed by atoms with E-state index in [1.807, 2.05) is 6.20 Å². The van der Waals surface area contributed by atoms with Crippen LogP contribution in [0.25, 0.3) is 5.65 Å². The second kappa shape index (κ2) is 15.5. The molecule has 0 spiro atoms. The third kappa shape index (κ3) is 8.99. The second-order valence-electron chi connectivity index (χ2n) is 8.89. The first-order chi connectivity index (χ1) is 19.1. The van der Waals surface area contributed by atoms with E-state index in [1.165, 1.54) is 18.3 Å². The first-order valence-corrected chi connectivity index (χ1v) is 14.9. The molecular formula is C24H27Br3N6O7. The number of pyridine rings is 2. The number of fused-ring (bicyclic) bond motifs is 1. The van der Waals surface area contributed by atoms with Gasteiger partial charge in [-0.15, -0.1) is 0 Å². The number of carbonyl (C=O) groups excluding carboxylic acids is 1. The Kier molecular flexibility index (Phi) is 12.4. The van der Waals surface area contributed by atoms with Crippen LogP contribution in [0.4, 0.5) is 17.2 Å². The zero-order valence-electron chi connectivity index (χ0n) is 21.2. The molecule has 13 nitrogen and oxygen atoms in total. The van der Waals surface area contributed by atoms with Crippen molar-refractivity contribution < 1.29 is 24.1 Å². The van der Waals surface area contributed by atoms with Crippen LogP contribution in [0.5, 0.6) is 0 Å². The monoisotopic (exact) mass is 748 g/mol. The molecule has 2 aliphatic rings. The van der Waals surface area contributed by atoms with Crippen molar-refractivity contribution in [3.8, 4) is 0 Å². The minimum Gasteiger partial charge on any atom is -0.383 e. The lowest BCUT2D eigenvalue weighted by molar-refractivity contribution is -0.385. The molecule has 0 aliphatic carbocycles. The molecule has 0 aromatic carbocycles. The fraction of sp³-hybridized carbons (Fsp3) is 0.458. The molecule has 2 fully saturated rings. The molecule has 2 aliphatic heterocycles. The number of ketones is 1. The highest BCUT2D eigenvalue weighted by Crippen LogP contribution is 2.30. The molecule has 0 radical (unpaired) electrons. The fourth-order valence-electron chi connectivity index (χ4n) is 4.02. The smallest absolute Gasteiger partial charge is 0.288 e. The molecule has 0 atom stereocenters. The van der Waals surface area contributed by atoms with E-state index in [0.29, 0.717) is 31.6 Å². The number of imidazole rings is 1. The lowest BCUT2D eigenvalue weighted by Crippen LogP contribution is -2.23. The minimum absolute atomic E-state index is 0.0512. The number of Topliss-reactive ketones (excluding diaryl/α,β-unsaturated/α-hetero) is 1. The van der Waals surface area contributed by atoms with Gasteiger partial charge in [0.25, 0.3) is 11.4 Å². The number of nitrogen functional groups attached to an aromatic ring is 1. The lowest BCUT2D eigenvalue weighted by atomic mass is 9.97. The van der Waals surface area contributed by atoms with Crippen LogP contribution in [0.15, 0.2) is 39.7 Å². The third-order valence-corrected chi connectivity index (χ3v) is 8.01. The Balaban J connectivity index is 0.000000180. The first-order valence-electron chi connectivity index (χ1n) is 12.2. The third-order valence-electron chi connectivity index (χ3n) is 6.24. The van der Waals surface area contributed by atoms with E-state index in [4.69, 9.17) is 15.2 Å². The van der Waals surface area contributed by atoms with Gasteiger partial charge in [0.05, 0.1) is 36.0 Å². The van der Waals surface area contributed by atoms with E-state index < -0.39 is 9.85 Å². The summed E-state index contributed by atoms with van der Waals surface area (Å²) >= 11 is 9.52. The topological polar surface area (TPSA) is 178 Å². The van der Waals surface area contributed by atoms with Gasteiger partial charge in [-0.25, -0.2) is 9.97 Å². The van der Waals surface area contributed by atoms with Crippen LogP contribution in [0, 0.1) is 26.1 Å². The number of nitro groups is 2. The standard InChI is InChI=1S/C12H12BrN3O3.C7H11BrO2.C5H4BrN3O2/c13-10-5-9(16(17)18)6-15-7-11(14-12(10)15)8-1-3-19-4-2-8;8-5-7(9)6-1-3-10-4-2-6;6-4-1-3(9(10)11)2-8-5(4)7/h5-8H,1-4H2;6H,1-5H2;1-2H,(H2,7,8). The largest absolute Gasteiger partial charge is 0.383 e. The van der Waals surface area contributed by atoms with Crippen molar-refractivity contribution in [3.05, 3.63) is 65.6 Å². The summed E-state index contributed by atoms with van der Waals surface area (Å²) in [5, 5.41) is 21.5. The molecule has 3 aromatic rings. The summed E-state index contributed by atoms with van der Waals surface area (Å²) in [6.07, 6.45) is 8.20. The van der Waals surface area contributed by atoms with Crippen LogP contribution in [-0.2, 0) is 14.3 Å². The number of alkyl halides is 1. The van der Waals surface area contributed by atoms with Gasteiger partial charge in [-0.2, -0.15) is 0 Å². The van der Waals surface area contributed by atoms with Crippen molar-refractivity contribution in [2.75, 3.05) is 37.5 Å². The first kappa shape index (κ1) is 32.0. The second-order valence-corrected chi connectivity index (χ2v) is 11.2. The molecule has 3 aromatic heterocycles. The van der Waals surface area contributed by atoms with Crippen LogP contribution in [0.3, 0.4) is 0 Å². The van der Waals surface area contributed by atoms with Crippen molar-refractivity contribution in [1.29, 1.82) is 0 Å². The van der Waals surface area contributed by atoms with Crippen molar-refractivity contribution in [3.63, 3.8) is 0 Å². The Hall–Kier alpha value is -2.53. The maximum atomic E-state index is 11.1. The summed E-state index contributed by atoms with van der Waals surface area (Å²) < 4.78 is 13.3. The molecule has 0 amide bonds. The molecule has 5 heterocycles. The highest BCUT2D eigenvalue weighted by molar-refractivity contribution is 9.11. The van der Waals surface area contributed by atoms with E-state index in [2.05, 4.69) is 57.8 Å². The summed E-state index contributed by atoms with van der Waals surface area (Å²) in [6, 6.07) is 2.79. The molecule has 16 heteroatoms. The number of hydrogen-bond acceptors (Lipinski definition) is 10. The van der Waals surface area contributed by atoms with Gasteiger partial charge < -0.3 is 15.2 Å². The Labute approximate surface area is 254 Å². The van der Waals surface area contributed by atoms with Gasteiger partial charge in [-0.3, -0.25) is 29.4 Å². The minimum atomic E-state index is -0.531. The van der Waals surface area contributed by atoms with E-state index in [0.717, 1.165) is 64.0 Å². The molecule has 40 heavy (non-hydrogen) atoms. The Morgan fingerprint density at radius 2 is 1.55 bits per heavy atom. The van der Waals surface area contributed by atoms with Gasteiger partial charge in [-0.05, 0) is 57.5 Å². The zero-order valence-corrected chi connectivity index (χ0v) is 26.0. The average Bonchev–Trinajstić information content (AvgIpc) is 3.41. The van der Waals surface area contributed by atoms with Gasteiger partial charge in [0.15, 0.2) is 5.65 Å². The predicted octanol–water partition coefficient (Wildman–Crippen LogP) is 5.61. The van der Waals surface area contributed by atoms with Crippen molar-refractivity contribution in [1.82, 2.24) is 14.4 Å². The van der Waals surface area contributed by atoms with Gasteiger partial charge in [0.2, 0.25) is 0 Å². The maximum Gasteiger partial charge on any atom is 0.288 e. The molecule has 2 N–H and O–H groups in total. The molecular weight excluding hydrogens is 724 g/mol. The highest BCUT2D eigenvalue weighted by Gasteiger charge is 2.21. The Bertz CT molecular complexity index is 1340. The van der Waals surface area contributed by atoms with Crippen LogP contribution in [0.1, 0.15) is 37.3 Å². The van der Waals surface area contributed by atoms with Crippen molar-refractivity contribution >= 4 is 76.4 Å². The molecule has 0 bridgehead atoms. The van der Waals surface area contributed by atoms with Crippen molar-refractivity contribution in [2.45, 2.75) is 31.6 Å². The van der Waals surface area contributed by atoms with Gasteiger partial charge in [0, 0.05) is 56.6 Å². The number of ether oxygens (including phenoxy) is 2. The zero-order chi connectivity index (χ0) is 29.2. The molecule has 216 valence electrons. The summed E-state index contributed by atoms with van der Waals surface area (Å²) in [6.45, 7) is 3.01. The van der Waals surface area contributed by atoms with Gasteiger partial charge in [0.1, 0.15) is 17.8 Å². The normalized spacial score (nSPS) is 15.9. The molecule has 0 unspecified atom stereocenters. The van der Waals surface area contributed by atoms with Crippen molar-refractivity contribution in [2.24, 2.45) is 5.92 Å². The maximum absolute atomic E-state index is 11.1. The number of aromatic nitrogens is 3. The number of halogens is 3. The Morgan fingerprint density at radius 1 is 0.975 bits per heavy atom. The average molecular weight is 751 g/mol. The van der Waals surface area contributed by atoms with E-state index in [-0.39, 0.29) is 23.1 Å². The fourth-order valence-corrected chi connectivity index (χ4v) is 5.34. The number of carbonyl (C=O) groups is 1. The number of nitrogens with zero attached hydrogens (tertiary/aromatic N) is 5. The van der Waals surface area contributed by atoms with Gasteiger partial charge >= 0.3 is 0 Å². The predicted molar refractivity (Wildman–Crippen MR) is 158 cm³/mol. The molecule has 0 saturated carbocycles. The Morgan fingerprint density at radius 3 is 2.10 bits per heavy atom. The number of nitrogens with two attached hydrogens (primary N) is 1. The summed E-state index contributed by atoms with van der Waals surface area (Å²) in [4.78, 5) is 39.3. The van der Waals surface area contributed by atoms with Crippen LogP contribution >= 0.6 is 47.8 Å².